The lowest BCUT2D eigenvalue weighted by Crippen LogP contribution is -2.25. The Bertz CT molecular complexity index is 399. The van der Waals surface area contributed by atoms with E-state index < -0.39 is 0 Å². The normalized spacial score (nSPS) is 16.8. The van der Waals surface area contributed by atoms with Crippen LogP contribution in [0.4, 0.5) is 5.69 Å². The van der Waals surface area contributed by atoms with Crippen molar-refractivity contribution in [1.82, 2.24) is 9.97 Å². The van der Waals surface area contributed by atoms with Gasteiger partial charge in [-0.05, 0) is 12.8 Å². The van der Waals surface area contributed by atoms with Gasteiger partial charge in [0, 0.05) is 5.92 Å². The Kier molecular flexibility index (Phi) is 4.18. The molecule has 0 spiro atoms. The van der Waals surface area contributed by atoms with Crippen molar-refractivity contribution >= 4 is 34.8 Å². The number of anilines is 1. The van der Waals surface area contributed by atoms with Crippen LogP contribution in [0.3, 0.4) is 0 Å². The van der Waals surface area contributed by atoms with Crippen LogP contribution in [-0.2, 0) is 4.79 Å². The molecule has 1 N–H and O–H groups in total. The van der Waals surface area contributed by atoms with Crippen LogP contribution < -0.4 is 5.32 Å². The molecular formula is C11H13Cl2N3O. The number of rotatable bonds is 2. The summed E-state index contributed by atoms with van der Waals surface area (Å²) >= 11 is 11.7. The molecule has 1 fully saturated rings. The molecular weight excluding hydrogens is 261 g/mol. The van der Waals surface area contributed by atoms with Crippen LogP contribution in [0.1, 0.15) is 32.1 Å². The van der Waals surface area contributed by atoms with Gasteiger partial charge in [0.05, 0.1) is 0 Å². The summed E-state index contributed by atoms with van der Waals surface area (Å²) in [6.45, 7) is 0. The van der Waals surface area contributed by atoms with Gasteiger partial charge in [0.2, 0.25) is 5.91 Å². The summed E-state index contributed by atoms with van der Waals surface area (Å²) in [7, 11) is 0. The van der Waals surface area contributed by atoms with E-state index >= 15 is 0 Å². The highest BCUT2D eigenvalue weighted by Gasteiger charge is 2.22. The Balaban J connectivity index is 2.07. The second-order valence-corrected chi connectivity index (χ2v) is 4.87. The molecule has 0 unspecified atom stereocenters. The molecule has 1 aliphatic carbocycles. The Morgan fingerprint density at radius 1 is 1.18 bits per heavy atom. The first kappa shape index (κ1) is 12.6. The van der Waals surface area contributed by atoms with Crippen molar-refractivity contribution in [3.63, 3.8) is 0 Å². The van der Waals surface area contributed by atoms with Gasteiger partial charge in [0.25, 0.3) is 0 Å². The quantitative estimate of drug-likeness (QED) is 0.842. The summed E-state index contributed by atoms with van der Waals surface area (Å²) in [5.41, 5.74) is 0.311. The fourth-order valence-corrected chi connectivity index (χ4v) is 2.45. The van der Waals surface area contributed by atoms with Gasteiger partial charge in [-0.3, -0.25) is 4.79 Å². The minimum Gasteiger partial charge on any atom is -0.321 e. The summed E-state index contributed by atoms with van der Waals surface area (Å²) in [5, 5.41) is 3.07. The predicted octanol–water partition coefficient (Wildman–Crippen LogP) is 3.30. The number of hydrogen-bond acceptors (Lipinski definition) is 3. The van der Waals surface area contributed by atoms with Crippen molar-refractivity contribution in [2.75, 3.05) is 5.32 Å². The highest BCUT2D eigenvalue weighted by atomic mass is 35.5. The summed E-state index contributed by atoms with van der Waals surface area (Å²) in [5.74, 6) is 0.0133. The molecule has 2 rings (SSSR count). The Morgan fingerprint density at radius 2 is 1.76 bits per heavy atom. The summed E-state index contributed by atoms with van der Waals surface area (Å²) in [6, 6.07) is 0. The lowest BCUT2D eigenvalue weighted by atomic mass is 9.88. The maximum absolute atomic E-state index is 12.0. The predicted molar refractivity (Wildman–Crippen MR) is 67.3 cm³/mol. The lowest BCUT2D eigenvalue weighted by molar-refractivity contribution is -0.120. The maximum atomic E-state index is 12.0. The third kappa shape index (κ3) is 3.07. The van der Waals surface area contributed by atoms with E-state index in [-0.39, 0.29) is 22.1 Å². The number of aromatic nitrogens is 2. The van der Waals surface area contributed by atoms with Crippen molar-refractivity contribution in [1.29, 1.82) is 0 Å². The van der Waals surface area contributed by atoms with Crippen molar-refractivity contribution in [3.8, 4) is 0 Å². The average Bonchev–Trinajstić information content (AvgIpc) is 2.35. The molecule has 1 aromatic heterocycles. The molecule has 92 valence electrons. The zero-order chi connectivity index (χ0) is 12.3. The van der Waals surface area contributed by atoms with Crippen LogP contribution in [0.5, 0.6) is 0 Å². The van der Waals surface area contributed by atoms with Crippen LogP contribution in [0, 0.1) is 5.92 Å². The molecule has 0 aliphatic heterocycles. The van der Waals surface area contributed by atoms with E-state index in [1.54, 1.807) is 0 Å². The third-order valence-electron chi connectivity index (χ3n) is 2.98. The number of amides is 1. The topological polar surface area (TPSA) is 54.9 Å². The molecule has 1 aliphatic rings. The zero-order valence-corrected chi connectivity index (χ0v) is 10.8. The third-order valence-corrected chi connectivity index (χ3v) is 3.55. The first-order valence-electron chi connectivity index (χ1n) is 5.65. The van der Waals surface area contributed by atoms with Crippen LogP contribution >= 0.6 is 23.2 Å². The van der Waals surface area contributed by atoms with Crippen LogP contribution in [0.25, 0.3) is 0 Å². The molecule has 0 saturated heterocycles. The number of nitrogens with zero attached hydrogens (tertiary/aromatic N) is 2. The van der Waals surface area contributed by atoms with Gasteiger partial charge in [-0.15, -0.1) is 0 Å². The first-order chi connectivity index (χ1) is 8.18. The highest BCUT2D eigenvalue weighted by molar-refractivity contribution is 6.38. The molecule has 0 radical (unpaired) electrons. The lowest BCUT2D eigenvalue weighted by Gasteiger charge is -2.20. The van der Waals surface area contributed by atoms with E-state index in [1.807, 2.05) is 0 Å². The van der Waals surface area contributed by atoms with Crippen LogP contribution in [0.15, 0.2) is 6.33 Å². The van der Waals surface area contributed by atoms with Gasteiger partial charge in [0.1, 0.15) is 12.0 Å². The SMILES string of the molecule is O=C(Nc1c(Cl)ncnc1Cl)C1CCCCC1. The average molecular weight is 274 g/mol. The summed E-state index contributed by atoms with van der Waals surface area (Å²) in [4.78, 5) is 19.6. The molecule has 1 amide bonds. The van der Waals surface area contributed by atoms with Crippen molar-refractivity contribution in [2.45, 2.75) is 32.1 Å². The highest BCUT2D eigenvalue weighted by Crippen LogP contribution is 2.29. The van der Waals surface area contributed by atoms with Gasteiger partial charge >= 0.3 is 0 Å². The molecule has 0 aromatic carbocycles. The van der Waals surface area contributed by atoms with E-state index in [0.717, 1.165) is 25.7 Å². The maximum Gasteiger partial charge on any atom is 0.227 e. The minimum absolute atomic E-state index is 0.0386. The van der Waals surface area contributed by atoms with E-state index in [1.165, 1.54) is 12.7 Å². The molecule has 1 saturated carbocycles. The molecule has 0 bridgehead atoms. The van der Waals surface area contributed by atoms with E-state index in [0.29, 0.717) is 5.69 Å². The summed E-state index contributed by atoms with van der Waals surface area (Å²) in [6.07, 6.45) is 6.53. The Hall–Kier alpha value is -0.870. The smallest absolute Gasteiger partial charge is 0.227 e. The largest absolute Gasteiger partial charge is 0.321 e. The molecule has 17 heavy (non-hydrogen) atoms. The zero-order valence-electron chi connectivity index (χ0n) is 9.25. The minimum atomic E-state index is -0.0386. The van der Waals surface area contributed by atoms with Crippen LogP contribution in [0.2, 0.25) is 10.3 Å². The van der Waals surface area contributed by atoms with Gasteiger partial charge in [0.15, 0.2) is 10.3 Å². The van der Waals surface area contributed by atoms with Crippen LogP contribution in [-0.4, -0.2) is 15.9 Å². The van der Waals surface area contributed by atoms with Gasteiger partial charge in [-0.2, -0.15) is 0 Å². The van der Waals surface area contributed by atoms with Gasteiger partial charge in [-0.25, -0.2) is 9.97 Å². The fraction of sp³-hybridized carbons (Fsp3) is 0.545. The van der Waals surface area contributed by atoms with E-state index in [4.69, 9.17) is 23.2 Å². The molecule has 4 nitrogen and oxygen atoms in total. The summed E-state index contributed by atoms with van der Waals surface area (Å²) < 4.78 is 0. The van der Waals surface area contributed by atoms with Crippen molar-refractivity contribution in [3.05, 3.63) is 16.6 Å². The van der Waals surface area contributed by atoms with Crippen molar-refractivity contribution in [2.24, 2.45) is 5.92 Å². The van der Waals surface area contributed by atoms with Crippen molar-refractivity contribution < 1.29 is 4.79 Å². The molecule has 1 aromatic rings. The number of carbonyl (C=O) groups excluding carboxylic acids is 1. The second kappa shape index (κ2) is 5.65. The first-order valence-corrected chi connectivity index (χ1v) is 6.41. The van der Waals surface area contributed by atoms with E-state index in [9.17, 15) is 4.79 Å². The number of nitrogens with one attached hydrogen (secondary N) is 1. The number of hydrogen-bond donors (Lipinski definition) is 1. The van der Waals surface area contributed by atoms with Gasteiger partial charge < -0.3 is 5.32 Å². The molecule has 1 heterocycles. The molecule has 6 heteroatoms. The number of halogens is 2. The Labute approximate surface area is 110 Å². The molecule has 0 atom stereocenters. The Morgan fingerprint density at radius 3 is 2.35 bits per heavy atom. The number of carbonyl (C=O) groups is 1. The second-order valence-electron chi connectivity index (χ2n) is 4.15. The van der Waals surface area contributed by atoms with Gasteiger partial charge in [-0.1, -0.05) is 42.5 Å². The van der Waals surface area contributed by atoms with E-state index in [2.05, 4.69) is 15.3 Å². The monoisotopic (exact) mass is 273 g/mol. The standard InChI is InChI=1S/C11H13Cl2N3O/c12-9-8(10(13)15-6-14-9)16-11(17)7-4-2-1-3-5-7/h6-7H,1-5H2,(H,16,17). The fourth-order valence-electron chi connectivity index (χ4n) is 2.04.